The zero-order chi connectivity index (χ0) is 16.9. The van der Waals surface area contributed by atoms with E-state index in [0.29, 0.717) is 17.7 Å². The fourth-order valence-corrected chi connectivity index (χ4v) is 2.81. The van der Waals surface area contributed by atoms with E-state index in [1.807, 2.05) is 6.07 Å². The smallest absolute Gasteiger partial charge is 0.125 e. The van der Waals surface area contributed by atoms with E-state index in [0.717, 1.165) is 17.5 Å². The first-order valence-corrected chi connectivity index (χ1v) is 7.82. The first-order chi connectivity index (χ1) is 11.6. The third-order valence-corrected chi connectivity index (χ3v) is 3.99. The van der Waals surface area contributed by atoms with Crippen LogP contribution >= 0.6 is 0 Å². The molecule has 0 unspecified atom stereocenters. The van der Waals surface area contributed by atoms with E-state index in [2.05, 4.69) is 53.5 Å². The van der Waals surface area contributed by atoms with Crippen LogP contribution in [0.3, 0.4) is 0 Å². The number of hydrogen-bond donors (Lipinski definition) is 3. The second kappa shape index (κ2) is 6.96. The highest BCUT2D eigenvalue weighted by atomic mass is 14.8. The van der Waals surface area contributed by atoms with Crippen molar-refractivity contribution in [1.82, 2.24) is 4.98 Å². The van der Waals surface area contributed by atoms with Crippen molar-refractivity contribution in [3.8, 4) is 0 Å². The maximum absolute atomic E-state index is 7.71. The van der Waals surface area contributed by atoms with Crippen molar-refractivity contribution >= 4 is 11.5 Å². The number of anilines is 1. The molecule has 0 saturated carbocycles. The molecule has 3 rings (SSSR count). The molecule has 24 heavy (non-hydrogen) atoms. The Bertz CT molecular complexity index is 839. The molecule has 4 heteroatoms. The molecule has 0 aliphatic heterocycles. The first kappa shape index (κ1) is 15.7. The van der Waals surface area contributed by atoms with Gasteiger partial charge in [0, 0.05) is 11.8 Å². The van der Waals surface area contributed by atoms with Crippen LogP contribution in [0.5, 0.6) is 0 Å². The van der Waals surface area contributed by atoms with Crippen molar-refractivity contribution in [3.05, 3.63) is 94.8 Å². The number of aromatic nitrogens is 1. The summed E-state index contributed by atoms with van der Waals surface area (Å²) in [4.78, 5) is 4.12. The summed E-state index contributed by atoms with van der Waals surface area (Å²) in [5.74, 6) is -0.0226. The molecule has 2 aromatic carbocycles. The minimum atomic E-state index is -0.0226. The molecule has 0 atom stereocenters. The predicted molar refractivity (Wildman–Crippen MR) is 98.2 cm³/mol. The Balaban J connectivity index is 1.78. The lowest BCUT2D eigenvalue weighted by molar-refractivity contribution is 1.12. The molecule has 0 amide bonds. The van der Waals surface area contributed by atoms with E-state index < -0.39 is 0 Å². The number of amidine groups is 1. The third kappa shape index (κ3) is 3.60. The number of nitrogen functional groups attached to an aromatic ring is 2. The van der Waals surface area contributed by atoms with Crippen LogP contribution in [-0.4, -0.2) is 10.8 Å². The van der Waals surface area contributed by atoms with E-state index in [4.69, 9.17) is 16.9 Å². The number of nitrogens with zero attached hydrogens (tertiary/aromatic N) is 1. The Morgan fingerprint density at radius 3 is 2.04 bits per heavy atom. The average Bonchev–Trinajstić information content (AvgIpc) is 2.57. The minimum absolute atomic E-state index is 0.0226. The standard InChI is InChI=1S/C20H20N4/c21-18-13-24-12-17(19(18)20(22)23)11-16-8-6-15(7-9-16)10-14-4-2-1-3-5-14/h1-9,12-13H,10-11,21H2,(H3,22,23). The summed E-state index contributed by atoms with van der Waals surface area (Å²) in [5, 5.41) is 7.71. The van der Waals surface area contributed by atoms with Crippen LogP contribution in [0.15, 0.2) is 67.0 Å². The van der Waals surface area contributed by atoms with E-state index >= 15 is 0 Å². The van der Waals surface area contributed by atoms with Crippen molar-refractivity contribution in [2.24, 2.45) is 5.73 Å². The Hall–Kier alpha value is -3.14. The number of hydrogen-bond acceptors (Lipinski definition) is 3. The maximum atomic E-state index is 7.71. The van der Waals surface area contributed by atoms with Gasteiger partial charge in [-0.2, -0.15) is 0 Å². The van der Waals surface area contributed by atoms with Crippen molar-refractivity contribution < 1.29 is 0 Å². The van der Waals surface area contributed by atoms with E-state index in [1.165, 1.54) is 17.3 Å². The fourth-order valence-electron chi connectivity index (χ4n) is 2.81. The van der Waals surface area contributed by atoms with E-state index in [9.17, 15) is 0 Å². The maximum Gasteiger partial charge on any atom is 0.125 e. The second-order valence-electron chi connectivity index (χ2n) is 5.83. The molecule has 4 nitrogen and oxygen atoms in total. The Morgan fingerprint density at radius 2 is 1.42 bits per heavy atom. The normalized spacial score (nSPS) is 10.5. The van der Waals surface area contributed by atoms with Gasteiger partial charge >= 0.3 is 0 Å². The molecule has 1 heterocycles. The molecule has 1 aromatic heterocycles. The highest BCUT2D eigenvalue weighted by Gasteiger charge is 2.10. The molecule has 0 bridgehead atoms. The summed E-state index contributed by atoms with van der Waals surface area (Å²) in [5.41, 5.74) is 17.2. The van der Waals surface area contributed by atoms with Crippen molar-refractivity contribution in [2.45, 2.75) is 12.8 Å². The molecular formula is C20H20N4. The third-order valence-electron chi connectivity index (χ3n) is 3.99. The predicted octanol–water partition coefficient (Wildman–Crippen LogP) is 3.13. The van der Waals surface area contributed by atoms with Gasteiger partial charge in [-0.3, -0.25) is 10.4 Å². The Kier molecular flexibility index (Phi) is 4.57. The lowest BCUT2D eigenvalue weighted by Crippen LogP contribution is -2.17. The molecule has 0 saturated heterocycles. The van der Waals surface area contributed by atoms with Crippen molar-refractivity contribution in [2.75, 3.05) is 5.73 Å². The van der Waals surface area contributed by atoms with Crippen molar-refractivity contribution in [3.63, 3.8) is 0 Å². The second-order valence-corrected chi connectivity index (χ2v) is 5.83. The van der Waals surface area contributed by atoms with Gasteiger partial charge < -0.3 is 11.5 Å². The summed E-state index contributed by atoms with van der Waals surface area (Å²) >= 11 is 0. The summed E-state index contributed by atoms with van der Waals surface area (Å²) < 4.78 is 0. The Morgan fingerprint density at radius 1 is 0.833 bits per heavy atom. The highest BCUT2D eigenvalue weighted by Crippen LogP contribution is 2.19. The Labute approximate surface area is 141 Å². The SMILES string of the molecule is N=C(N)c1c(N)cncc1Cc1ccc(Cc2ccccc2)cc1. The number of rotatable bonds is 5. The molecule has 0 spiro atoms. The molecule has 0 radical (unpaired) electrons. The summed E-state index contributed by atoms with van der Waals surface area (Å²) in [6, 6.07) is 18.9. The van der Waals surface area contributed by atoms with E-state index in [1.54, 1.807) is 6.20 Å². The molecule has 0 aliphatic rings. The van der Waals surface area contributed by atoms with Gasteiger partial charge in [-0.15, -0.1) is 0 Å². The molecule has 0 aliphatic carbocycles. The van der Waals surface area contributed by atoms with Crippen molar-refractivity contribution in [1.29, 1.82) is 5.41 Å². The molecule has 5 N–H and O–H groups in total. The first-order valence-electron chi connectivity index (χ1n) is 7.82. The quantitative estimate of drug-likeness (QED) is 0.499. The molecule has 120 valence electrons. The van der Waals surface area contributed by atoms with Crippen LogP contribution in [0.1, 0.15) is 27.8 Å². The van der Waals surface area contributed by atoms with Gasteiger partial charge in [0.15, 0.2) is 0 Å². The monoisotopic (exact) mass is 316 g/mol. The lowest BCUT2D eigenvalue weighted by atomic mass is 9.98. The highest BCUT2D eigenvalue weighted by molar-refractivity contribution is 6.01. The summed E-state index contributed by atoms with van der Waals surface area (Å²) in [6.07, 6.45) is 4.83. The average molecular weight is 316 g/mol. The van der Waals surface area contributed by atoms with Gasteiger partial charge in [0.05, 0.1) is 11.9 Å². The summed E-state index contributed by atoms with van der Waals surface area (Å²) in [6.45, 7) is 0. The largest absolute Gasteiger partial charge is 0.397 e. The topological polar surface area (TPSA) is 88.8 Å². The van der Waals surface area contributed by atoms with Crippen LogP contribution in [0.2, 0.25) is 0 Å². The molecule has 0 fully saturated rings. The van der Waals surface area contributed by atoms with Crippen LogP contribution in [0, 0.1) is 5.41 Å². The minimum Gasteiger partial charge on any atom is -0.397 e. The molecular weight excluding hydrogens is 296 g/mol. The lowest BCUT2D eigenvalue weighted by Gasteiger charge is -2.11. The fraction of sp³-hybridized carbons (Fsp3) is 0.100. The number of benzene rings is 2. The zero-order valence-corrected chi connectivity index (χ0v) is 13.4. The van der Waals surface area contributed by atoms with E-state index in [-0.39, 0.29) is 5.84 Å². The van der Waals surface area contributed by atoms with Gasteiger partial charge in [0.1, 0.15) is 5.84 Å². The van der Waals surface area contributed by atoms with Crippen LogP contribution in [0.4, 0.5) is 5.69 Å². The number of nitrogens with one attached hydrogen (secondary N) is 1. The number of pyridine rings is 1. The van der Waals surface area contributed by atoms with Crippen LogP contribution in [0.25, 0.3) is 0 Å². The zero-order valence-electron chi connectivity index (χ0n) is 13.4. The number of nitrogens with two attached hydrogens (primary N) is 2. The van der Waals surface area contributed by atoms with Gasteiger partial charge in [-0.25, -0.2) is 0 Å². The van der Waals surface area contributed by atoms with Gasteiger partial charge in [0.25, 0.3) is 0 Å². The van der Waals surface area contributed by atoms with Gasteiger partial charge in [0.2, 0.25) is 0 Å². The van der Waals surface area contributed by atoms with Gasteiger partial charge in [-0.05, 0) is 35.1 Å². The van der Waals surface area contributed by atoms with Gasteiger partial charge in [-0.1, -0.05) is 54.6 Å². The summed E-state index contributed by atoms with van der Waals surface area (Å²) in [7, 11) is 0. The molecule has 3 aromatic rings. The van der Waals surface area contributed by atoms with Crippen LogP contribution < -0.4 is 11.5 Å². The van der Waals surface area contributed by atoms with Crippen LogP contribution in [-0.2, 0) is 12.8 Å².